The minimum Gasteiger partial charge on any atom is -0.104 e. The van der Waals surface area contributed by atoms with Crippen molar-refractivity contribution in [2.45, 2.75) is 39.5 Å². The molecule has 0 radical (unpaired) electrons. The number of thiol groups is 1. The lowest BCUT2D eigenvalue weighted by molar-refractivity contribution is 0.875. The van der Waals surface area contributed by atoms with E-state index in [1.165, 1.54) is 0 Å². The van der Waals surface area contributed by atoms with Gasteiger partial charge in [0.05, 0.1) is 0 Å². The Kier molecular flexibility index (Phi) is 5.72. The molecular formula is C8H19Cl3S. The molecule has 0 aliphatic rings. The zero-order valence-electron chi connectivity index (χ0n) is 7.82. The fourth-order valence-corrected chi connectivity index (χ4v) is 5.18. The topological polar surface area (TPSA) is 0 Å². The van der Waals surface area contributed by atoms with Crippen molar-refractivity contribution in [1.82, 2.24) is 0 Å². The first-order valence-corrected chi connectivity index (χ1v) is 9.88. The highest BCUT2D eigenvalue weighted by molar-refractivity contribution is 8.91. The summed E-state index contributed by atoms with van der Waals surface area (Å²) in [5.74, 6) is 1.60. The summed E-state index contributed by atoms with van der Waals surface area (Å²) in [6, 6.07) is 0. The van der Waals surface area contributed by atoms with Crippen LogP contribution in [0.2, 0.25) is 0 Å². The molecule has 0 saturated heterocycles. The normalized spacial score (nSPS) is 15.6. The average molecular weight is 254 g/mol. The van der Waals surface area contributed by atoms with Crippen molar-refractivity contribution in [2.75, 3.05) is 11.5 Å². The molecule has 0 aromatic carbocycles. The highest BCUT2D eigenvalue weighted by atomic mass is 36.2. The Labute approximate surface area is 89.7 Å². The monoisotopic (exact) mass is 252 g/mol. The van der Waals surface area contributed by atoms with Gasteiger partial charge in [0.15, 0.2) is 0 Å². The zero-order chi connectivity index (χ0) is 9.69. The fourth-order valence-electron chi connectivity index (χ4n) is 1.01. The molecule has 12 heavy (non-hydrogen) atoms. The number of unbranched alkanes of at least 4 members (excludes halogenated alkanes) is 2. The van der Waals surface area contributed by atoms with Gasteiger partial charge < -0.3 is 0 Å². The summed E-state index contributed by atoms with van der Waals surface area (Å²) in [7, 11) is 18.6. The summed E-state index contributed by atoms with van der Waals surface area (Å²) < 4.78 is 0. The highest BCUT2D eigenvalue weighted by Crippen LogP contribution is 2.83. The largest absolute Gasteiger partial charge is 0.104 e. The van der Waals surface area contributed by atoms with Crippen LogP contribution in [-0.2, 0) is 0 Å². The van der Waals surface area contributed by atoms with Gasteiger partial charge in [0.2, 0.25) is 0 Å². The molecule has 0 N–H and O–H groups in total. The summed E-state index contributed by atoms with van der Waals surface area (Å²) in [5, 5.41) is 0. The Morgan fingerprint density at radius 3 is 1.42 bits per heavy atom. The standard InChI is InChI=1S/C8H19Cl3S/c1-3-5-7-12(9,10,11)8-6-4-2/h12H,3-8H2,1-2H3. The van der Waals surface area contributed by atoms with Crippen LogP contribution in [0.25, 0.3) is 0 Å². The van der Waals surface area contributed by atoms with E-state index in [0.717, 1.165) is 37.2 Å². The Bertz CT molecular complexity index is 116. The van der Waals surface area contributed by atoms with E-state index in [-0.39, 0.29) is 0 Å². The van der Waals surface area contributed by atoms with E-state index in [0.29, 0.717) is 0 Å². The van der Waals surface area contributed by atoms with E-state index >= 15 is 0 Å². The van der Waals surface area contributed by atoms with Gasteiger partial charge >= 0.3 is 0 Å². The summed E-state index contributed by atoms with van der Waals surface area (Å²) in [6.07, 6.45) is 4.29. The van der Waals surface area contributed by atoms with Crippen LogP contribution in [0.5, 0.6) is 0 Å². The van der Waals surface area contributed by atoms with Gasteiger partial charge in [0.25, 0.3) is 0 Å². The van der Waals surface area contributed by atoms with Crippen molar-refractivity contribution in [1.29, 1.82) is 0 Å². The van der Waals surface area contributed by atoms with Gasteiger partial charge in [0, 0.05) is 0 Å². The van der Waals surface area contributed by atoms with Crippen LogP contribution in [0, 0.1) is 0 Å². The summed E-state index contributed by atoms with van der Waals surface area (Å²) in [6.45, 7) is 1.46. The summed E-state index contributed by atoms with van der Waals surface area (Å²) in [4.78, 5) is 0. The molecule has 0 aromatic rings. The van der Waals surface area contributed by atoms with Crippen molar-refractivity contribution in [3.63, 3.8) is 0 Å². The molecule has 0 nitrogen and oxygen atoms in total. The van der Waals surface area contributed by atoms with Crippen LogP contribution in [-0.4, -0.2) is 11.5 Å². The van der Waals surface area contributed by atoms with Gasteiger partial charge in [-0.2, -0.15) is 0 Å². The third kappa shape index (κ3) is 6.71. The molecule has 0 aliphatic carbocycles. The third-order valence-corrected chi connectivity index (χ3v) is 7.17. The van der Waals surface area contributed by atoms with Crippen molar-refractivity contribution >= 4 is 38.8 Å². The van der Waals surface area contributed by atoms with Gasteiger partial charge in [-0.05, 0) is 24.3 Å². The highest BCUT2D eigenvalue weighted by Gasteiger charge is 2.31. The van der Waals surface area contributed by atoms with E-state index in [4.69, 9.17) is 32.0 Å². The first kappa shape index (κ1) is 13.2. The van der Waals surface area contributed by atoms with Crippen LogP contribution in [0.4, 0.5) is 0 Å². The second-order valence-corrected chi connectivity index (χ2v) is 15.3. The van der Waals surface area contributed by atoms with Crippen LogP contribution >= 0.6 is 38.8 Å². The van der Waals surface area contributed by atoms with Gasteiger partial charge in [-0.1, -0.05) is 58.7 Å². The van der Waals surface area contributed by atoms with Crippen LogP contribution in [0.1, 0.15) is 39.5 Å². The number of rotatable bonds is 6. The van der Waals surface area contributed by atoms with E-state index in [2.05, 4.69) is 13.8 Å². The van der Waals surface area contributed by atoms with Gasteiger partial charge in [-0.3, -0.25) is 0 Å². The van der Waals surface area contributed by atoms with Crippen molar-refractivity contribution in [3.05, 3.63) is 0 Å². The SMILES string of the molecule is CCCC[SH](Cl)(Cl)(Cl)CCCC. The fraction of sp³-hybridized carbons (Fsp3) is 1.00. The molecular weight excluding hydrogens is 235 g/mol. The number of hydrogen-bond acceptors (Lipinski definition) is 0. The molecule has 0 saturated carbocycles. The van der Waals surface area contributed by atoms with Crippen LogP contribution < -0.4 is 0 Å². The molecule has 0 heterocycles. The molecule has 0 unspecified atom stereocenters. The second kappa shape index (κ2) is 5.19. The van der Waals surface area contributed by atoms with E-state index in [9.17, 15) is 0 Å². The lowest BCUT2D eigenvalue weighted by atomic mass is 10.4. The van der Waals surface area contributed by atoms with Crippen LogP contribution in [0.15, 0.2) is 0 Å². The second-order valence-electron chi connectivity index (χ2n) is 3.29. The molecule has 0 amide bonds. The Hall–Kier alpha value is 1.22. The first-order valence-electron chi connectivity index (χ1n) is 4.55. The van der Waals surface area contributed by atoms with Crippen molar-refractivity contribution in [2.24, 2.45) is 0 Å². The van der Waals surface area contributed by atoms with Gasteiger partial charge in [-0.15, -0.1) is 6.80 Å². The molecule has 4 heteroatoms. The predicted octanol–water partition coefficient (Wildman–Crippen LogP) is 5.12. The molecule has 0 aliphatic heterocycles. The van der Waals surface area contributed by atoms with E-state index in [1.807, 2.05) is 0 Å². The predicted molar refractivity (Wildman–Crippen MR) is 66.1 cm³/mol. The molecule has 0 rings (SSSR count). The first-order chi connectivity index (χ1) is 5.39. The lowest BCUT2D eigenvalue weighted by Gasteiger charge is -2.43. The Morgan fingerprint density at radius 2 is 1.17 bits per heavy atom. The van der Waals surface area contributed by atoms with Gasteiger partial charge in [-0.25, -0.2) is 0 Å². The zero-order valence-corrected chi connectivity index (χ0v) is 11.0. The molecule has 0 bridgehead atoms. The Morgan fingerprint density at radius 1 is 0.833 bits per heavy atom. The minimum absolute atomic E-state index is 0.798. The van der Waals surface area contributed by atoms with E-state index < -0.39 is 6.80 Å². The Balaban J connectivity index is 3.90. The third-order valence-electron chi connectivity index (χ3n) is 1.85. The summed E-state index contributed by atoms with van der Waals surface area (Å²) >= 11 is 0. The maximum atomic E-state index is 6.21. The average Bonchev–Trinajstić information content (AvgIpc) is 1.97. The smallest absolute Gasteiger partial charge is 0.00307 e. The van der Waals surface area contributed by atoms with Crippen LogP contribution in [0.3, 0.4) is 0 Å². The quantitative estimate of drug-likeness (QED) is 0.624. The number of hydrogen-bond donors (Lipinski definition) is 1. The van der Waals surface area contributed by atoms with Gasteiger partial charge in [0.1, 0.15) is 0 Å². The van der Waals surface area contributed by atoms with E-state index in [1.54, 1.807) is 0 Å². The molecule has 0 fully saturated rings. The molecule has 78 valence electrons. The lowest BCUT2D eigenvalue weighted by Crippen LogP contribution is -2.06. The molecule has 0 atom stereocenters. The maximum Gasteiger partial charge on any atom is -0.00307 e. The minimum atomic E-state index is -2.79. The molecule has 0 aromatic heterocycles. The maximum absolute atomic E-state index is 6.21. The van der Waals surface area contributed by atoms with Crippen molar-refractivity contribution in [3.8, 4) is 0 Å². The summed E-state index contributed by atoms with van der Waals surface area (Å²) in [5.41, 5.74) is 0. The molecule has 0 spiro atoms. The number of halogens is 3. The van der Waals surface area contributed by atoms with Crippen molar-refractivity contribution < 1.29 is 0 Å².